The van der Waals surface area contributed by atoms with Crippen LogP contribution in [0.2, 0.25) is 0 Å². The van der Waals surface area contributed by atoms with Crippen LogP contribution in [0, 0.1) is 12.8 Å². The van der Waals surface area contributed by atoms with Crippen molar-refractivity contribution in [2.45, 2.75) is 39.0 Å². The molecule has 0 fully saturated rings. The molecule has 170 valence electrons. The number of nitrogens with zero attached hydrogens (tertiary/aromatic N) is 2. The molecule has 0 saturated carbocycles. The van der Waals surface area contributed by atoms with E-state index in [9.17, 15) is 9.59 Å². The number of ketones is 2. The fraction of sp³-hybridized carbons (Fsp3) is 0.233. The van der Waals surface area contributed by atoms with Gasteiger partial charge in [-0.15, -0.1) is 0 Å². The molecule has 1 unspecified atom stereocenters. The highest BCUT2D eigenvalue weighted by atomic mass is 16.1. The van der Waals surface area contributed by atoms with Crippen molar-refractivity contribution in [2.75, 3.05) is 0 Å². The van der Waals surface area contributed by atoms with E-state index in [0.29, 0.717) is 18.4 Å². The smallest absolute Gasteiger partial charge is 0.167 e. The molecule has 2 aliphatic carbocycles. The van der Waals surface area contributed by atoms with E-state index in [1.54, 1.807) is 0 Å². The summed E-state index contributed by atoms with van der Waals surface area (Å²) in [5, 5.41) is 0. The molecule has 2 aromatic heterocycles. The maximum absolute atomic E-state index is 12.8. The SMILES string of the molecule is Cc1cccc(CCCc2ccc3nc(CCC(=O)C4=CC(=O)C5C=CC=CC5=C4)cn3c2)c1. The van der Waals surface area contributed by atoms with Crippen molar-refractivity contribution >= 4 is 17.2 Å². The molecule has 0 spiro atoms. The molecule has 3 aromatic rings. The van der Waals surface area contributed by atoms with Crippen molar-refractivity contribution in [3.63, 3.8) is 0 Å². The van der Waals surface area contributed by atoms with Crippen LogP contribution in [0.4, 0.5) is 0 Å². The van der Waals surface area contributed by atoms with Crippen molar-refractivity contribution in [2.24, 2.45) is 5.92 Å². The molecule has 34 heavy (non-hydrogen) atoms. The summed E-state index contributed by atoms with van der Waals surface area (Å²) in [6.45, 7) is 2.13. The lowest BCUT2D eigenvalue weighted by molar-refractivity contribution is -0.118. The number of benzene rings is 1. The quantitative estimate of drug-likeness (QED) is 0.457. The molecule has 0 bridgehead atoms. The molecule has 5 rings (SSSR count). The average molecular weight is 449 g/mol. The summed E-state index contributed by atoms with van der Waals surface area (Å²) in [6.07, 6.45) is 19.1. The molecule has 4 heteroatoms. The highest BCUT2D eigenvalue weighted by Crippen LogP contribution is 2.27. The summed E-state index contributed by atoms with van der Waals surface area (Å²) in [5.41, 5.74) is 7.13. The highest BCUT2D eigenvalue weighted by molar-refractivity contribution is 6.09. The summed E-state index contributed by atoms with van der Waals surface area (Å²) in [4.78, 5) is 29.8. The number of pyridine rings is 1. The number of allylic oxidation sites excluding steroid dienone is 8. The van der Waals surface area contributed by atoms with Gasteiger partial charge in [0.2, 0.25) is 0 Å². The molecule has 0 N–H and O–H groups in total. The maximum Gasteiger partial charge on any atom is 0.167 e. The van der Waals surface area contributed by atoms with E-state index in [2.05, 4.69) is 52.8 Å². The lowest BCUT2D eigenvalue weighted by Crippen LogP contribution is -2.19. The molecule has 0 saturated heterocycles. The number of imidazole rings is 1. The minimum absolute atomic E-state index is 0.0175. The molecule has 2 heterocycles. The van der Waals surface area contributed by atoms with E-state index >= 15 is 0 Å². The van der Waals surface area contributed by atoms with Crippen molar-refractivity contribution in [1.82, 2.24) is 9.38 Å². The third-order valence-corrected chi connectivity index (χ3v) is 6.49. The molecule has 0 amide bonds. The Morgan fingerprint density at radius 1 is 1.00 bits per heavy atom. The average Bonchev–Trinajstić information content (AvgIpc) is 3.25. The Balaban J connectivity index is 1.19. The van der Waals surface area contributed by atoms with Gasteiger partial charge in [-0.1, -0.05) is 60.2 Å². The second-order valence-electron chi connectivity index (χ2n) is 9.17. The molecule has 1 atom stereocenters. The van der Waals surface area contributed by atoms with Gasteiger partial charge in [0, 0.05) is 24.4 Å². The lowest BCUT2D eigenvalue weighted by Gasteiger charge is -2.19. The highest BCUT2D eigenvalue weighted by Gasteiger charge is 2.25. The number of Topliss-reactive ketones (excluding diaryl/α,β-unsaturated/α-hetero) is 1. The monoisotopic (exact) mass is 448 g/mol. The van der Waals surface area contributed by atoms with Crippen molar-refractivity contribution < 1.29 is 9.59 Å². The predicted octanol–water partition coefficient (Wildman–Crippen LogP) is 5.50. The topological polar surface area (TPSA) is 51.4 Å². The Hall–Kier alpha value is -3.79. The summed E-state index contributed by atoms with van der Waals surface area (Å²) in [6, 6.07) is 12.9. The largest absolute Gasteiger partial charge is 0.307 e. The predicted molar refractivity (Wildman–Crippen MR) is 135 cm³/mol. The lowest BCUT2D eigenvalue weighted by atomic mass is 9.83. The summed E-state index contributed by atoms with van der Waals surface area (Å²) < 4.78 is 2.05. The molecule has 0 radical (unpaired) electrons. The minimum Gasteiger partial charge on any atom is -0.307 e. The van der Waals surface area contributed by atoms with Crippen LogP contribution in [-0.2, 0) is 28.9 Å². The van der Waals surface area contributed by atoms with Crippen LogP contribution in [0.5, 0.6) is 0 Å². The van der Waals surface area contributed by atoms with E-state index in [4.69, 9.17) is 0 Å². The third-order valence-electron chi connectivity index (χ3n) is 6.49. The van der Waals surface area contributed by atoms with Crippen molar-refractivity contribution in [1.29, 1.82) is 0 Å². The van der Waals surface area contributed by atoms with Gasteiger partial charge in [-0.05, 0) is 67.5 Å². The van der Waals surface area contributed by atoms with Gasteiger partial charge < -0.3 is 4.40 Å². The molecule has 1 aromatic carbocycles. The maximum atomic E-state index is 12.8. The molecule has 4 nitrogen and oxygen atoms in total. The van der Waals surface area contributed by atoms with Gasteiger partial charge in [0.1, 0.15) is 5.65 Å². The summed E-state index contributed by atoms with van der Waals surface area (Å²) in [7, 11) is 0. The standard InChI is InChI=1S/C30H28N2O2/c1-21-6-4-7-22(16-21)8-5-9-23-12-15-30-31-26(20-32(30)19-23)13-14-28(33)25-17-24-10-2-3-11-27(24)29(34)18-25/h2-4,6-7,10-12,15-20,27H,5,8-9,13-14H2,1H3. The number of hydrogen-bond donors (Lipinski definition) is 0. The van der Waals surface area contributed by atoms with Gasteiger partial charge in [0.15, 0.2) is 11.6 Å². The van der Waals surface area contributed by atoms with Gasteiger partial charge in [-0.2, -0.15) is 0 Å². The third kappa shape index (κ3) is 4.91. The first kappa shape index (κ1) is 22.0. The first-order valence-corrected chi connectivity index (χ1v) is 11.9. The van der Waals surface area contributed by atoms with Gasteiger partial charge in [-0.25, -0.2) is 4.98 Å². The molecular weight excluding hydrogens is 420 g/mol. The number of carbonyl (C=O) groups excluding carboxylic acids is 2. The summed E-state index contributed by atoms with van der Waals surface area (Å²) >= 11 is 0. The molecule has 2 aliphatic rings. The van der Waals surface area contributed by atoms with E-state index in [0.717, 1.165) is 36.2 Å². The Morgan fingerprint density at radius 2 is 1.88 bits per heavy atom. The first-order valence-electron chi connectivity index (χ1n) is 11.9. The number of fused-ring (bicyclic) bond motifs is 2. The van der Waals surface area contributed by atoms with Crippen LogP contribution in [0.3, 0.4) is 0 Å². The number of rotatable bonds is 8. The van der Waals surface area contributed by atoms with Crippen LogP contribution in [0.1, 0.15) is 35.2 Å². The van der Waals surface area contributed by atoms with E-state index < -0.39 is 0 Å². The van der Waals surface area contributed by atoms with Crippen LogP contribution in [0.25, 0.3) is 5.65 Å². The Labute approximate surface area is 200 Å². The zero-order valence-electron chi connectivity index (χ0n) is 19.4. The van der Waals surface area contributed by atoms with E-state index in [-0.39, 0.29) is 17.5 Å². The first-order chi connectivity index (χ1) is 16.5. The van der Waals surface area contributed by atoms with Crippen LogP contribution < -0.4 is 0 Å². The van der Waals surface area contributed by atoms with Crippen LogP contribution in [-0.4, -0.2) is 21.0 Å². The Kier molecular flexibility index (Phi) is 6.22. The number of carbonyl (C=O) groups is 2. The van der Waals surface area contributed by atoms with E-state index in [1.807, 2.05) is 42.6 Å². The fourth-order valence-electron chi connectivity index (χ4n) is 4.69. The second-order valence-corrected chi connectivity index (χ2v) is 9.17. The van der Waals surface area contributed by atoms with Gasteiger partial charge >= 0.3 is 0 Å². The van der Waals surface area contributed by atoms with Gasteiger partial charge in [0.25, 0.3) is 0 Å². The summed E-state index contributed by atoms with van der Waals surface area (Å²) in [5.74, 6) is -0.286. The van der Waals surface area contributed by atoms with Crippen LogP contribution in [0.15, 0.2) is 96.4 Å². The van der Waals surface area contributed by atoms with Crippen molar-refractivity contribution in [3.8, 4) is 0 Å². The normalized spacial score (nSPS) is 17.0. The second kappa shape index (κ2) is 9.60. The van der Waals surface area contributed by atoms with Crippen LogP contribution >= 0.6 is 0 Å². The minimum atomic E-state index is -0.244. The zero-order chi connectivity index (χ0) is 23.5. The fourth-order valence-corrected chi connectivity index (χ4v) is 4.69. The van der Waals surface area contributed by atoms with E-state index in [1.165, 1.54) is 22.8 Å². The van der Waals surface area contributed by atoms with Gasteiger partial charge in [0.05, 0.1) is 11.6 Å². The van der Waals surface area contributed by atoms with Gasteiger partial charge in [-0.3, -0.25) is 9.59 Å². The zero-order valence-corrected chi connectivity index (χ0v) is 19.4. The number of hydrogen-bond acceptors (Lipinski definition) is 3. The molecule has 0 aliphatic heterocycles. The Morgan fingerprint density at radius 3 is 2.76 bits per heavy atom. The molecular formula is C30H28N2O2. The van der Waals surface area contributed by atoms with Crippen molar-refractivity contribution in [3.05, 3.63) is 119 Å². The number of aromatic nitrogens is 2. The number of aryl methyl sites for hydroxylation is 4. The Bertz CT molecular complexity index is 1380.